The van der Waals surface area contributed by atoms with Crippen LogP contribution in [-0.4, -0.2) is 11.7 Å². The number of aliphatic hydroxyl groups excluding tert-OH is 1. The number of benzene rings is 1. The highest BCUT2D eigenvalue weighted by Gasteiger charge is 2.10. The Balaban J connectivity index is 2.73. The van der Waals surface area contributed by atoms with Gasteiger partial charge in [-0.2, -0.15) is 0 Å². The van der Waals surface area contributed by atoms with Gasteiger partial charge in [0, 0.05) is 12.0 Å². The third-order valence-corrected chi connectivity index (χ3v) is 2.08. The summed E-state index contributed by atoms with van der Waals surface area (Å²) in [5.41, 5.74) is 0.462. The zero-order valence-corrected chi connectivity index (χ0v) is 9.46. The van der Waals surface area contributed by atoms with Crippen molar-refractivity contribution in [2.75, 3.05) is 6.61 Å². The SMILES string of the molecule is CC#CCCOc1ccc(F)cc1[C@@H](C)O. The van der Waals surface area contributed by atoms with E-state index in [1.807, 2.05) is 0 Å². The van der Waals surface area contributed by atoms with Crippen LogP contribution >= 0.6 is 0 Å². The topological polar surface area (TPSA) is 29.5 Å². The Kier molecular flexibility index (Phi) is 4.81. The van der Waals surface area contributed by atoms with Gasteiger partial charge in [-0.25, -0.2) is 4.39 Å². The Bertz CT molecular complexity index is 402. The van der Waals surface area contributed by atoms with E-state index >= 15 is 0 Å². The van der Waals surface area contributed by atoms with Crippen LogP contribution < -0.4 is 4.74 Å². The van der Waals surface area contributed by atoms with Crippen LogP contribution in [0.4, 0.5) is 4.39 Å². The second-order valence-corrected chi connectivity index (χ2v) is 3.38. The molecule has 1 aromatic rings. The highest BCUT2D eigenvalue weighted by molar-refractivity contribution is 5.35. The first kappa shape index (κ1) is 12.5. The van der Waals surface area contributed by atoms with Crippen LogP contribution in [0.1, 0.15) is 31.9 Å². The van der Waals surface area contributed by atoms with Crippen molar-refractivity contribution >= 4 is 0 Å². The lowest BCUT2D eigenvalue weighted by Gasteiger charge is -2.12. The Morgan fingerprint density at radius 1 is 1.50 bits per heavy atom. The number of halogens is 1. The fourth-order valence-corrected chi connectivity index (χ4v) is 1.31. The molecular weight excluding hydrogens is 207 g/mol. The first-order valence-electron chi connectivity index (χ1n) is 5.15. The van der Waals surface area contributed by atoms with E-state index in [1.165, 1.54) is 18.2 Å². The van der Waals surface area contributed by atoms with Gasteiger partial charge in [0.25, 0.3) is 0 Å². The van der Waals surface area contributed by atoms with Crippen molar-refractivity contribution in [3.8, 4) is 17.6 Å². The lowest BCUT2D eigenvalue weighted by atomic mass is 10.1. The molecule has 1 rings (SSSR count). The van der Waals surface area contributed by atoms with Crippen LogP contribution in [0.5, 0.6) is 5.75 Å². The Labute approximate surface area is 95.1 Å². The second-order valence-electron chi connectivity index (χ2n) is 3.38. The molecule has 3 heteroatoms. The van der Waals surface area contributed by atoms with E-state index < -0.39 is 6.10 Å². The molecule has 0 fully saturated rings. The average molecular weight is 222 g/mol. The Morgan fingerprint density at radius 3 is 2.88 bits per heavy atom. The van der Waals surface area contributed by atoms with Crippen LogP contribution in [0.25, 0.3) is 0 Å². The number of ether oxygens (including phenoxy) is 1. The van der Waals surface area contributed by atoms with Gasteiger partial charge < -0.3 is 9.84 Å². The molecule has 0 unspecified atom stereocenters. The predicted octanol–water partition coefficient (Wildman–Crippen LogP) is 2.67. The summed E-state index contributed by atoms with van der Waals surface area (Å²) in [6.45, 7) is 3.78. The minimum atomic E-state index is -0.747. The van der Waals surface area contributed by atoms with Gasteiger partial charge in [0.05, 0.1) is 12.7 Å². The van der Waals surface area contributed by atoms with Gasteiger partial charge in [0.15, 0.2) is 0 Å². The number of hydrogen-bond donors (Lipinski definition) is 1. The molecule has 0 aromatic heterocycles. The summed E-state index contributed by atoms with van der Waals surface area (Å²) in [6.07, 6.45) is -0.129. The molecule has 0 amide bonds. The third-order valence-electron chi connectivity index (χ3n) is 2.08. The van der Waals surface area contributed by atoms with Crippen LogP contribution in [0.3, 0.4) is 0 Å². The van der Waals surface area contributed by atoms with Crippen molar-refractivity contribution in [2.24, 2.45) is 0 Å². The number of rotatable bonds is 4. The largest absolute Gasteiger partial charge is 0.492 e. The quantitative estimate of drug-likeness (QED) is 0.627. The molecule has 0 aliphatic carbocycles. The van der Waals surface area contributed by atoms with E-state index in [-0.39, 0.29) is 5.82 Å². The van der Waals surface area contributed by atoms with E-state index in [4.69, 9.17) is 4.74 Å². The minimum Gasteiger partial charge on any atom is -0.492 e. The van der Waals surface area contributed by atoms with E-state index in [0.29, 0.717) is 24.3 Å². The minimum absolute atomic E-state index is 0.378. The van der Waals surface area contributed by atoms with Crippen molar-refractivity contribution < 1.29 is 14.2 Å². The van der Waals surface area contributed by atoms with Crippen molar-refractivity contribution in [2.45, 2.75) is 26.4 Å². The monoisotopic (exact) mass is 222 g/mol. The first-order valence-corrected chi connectivity index (χ1v) is 5.15. The molecule has 0 bridgehead atoms. The van der Waals surface area contributed by atoms with Crippen LogP contribution in [-0.2, 0) is 0 Å². The van der Waals surface area contributed by atoms with Gasteiger partial charge in [-0.3, -0.25) is 0 Å². The summed E-state index contributed by atoms with van der Waals surface area (Å²) in [6, 6.07) is 4.12. The molecule has 0 radical (unpaired) electrons. The normalized spacial score (nSPS) is 11.5. The van der Waals surface area contributed by atoms with E-state index in [1.54, 1.807) is 13.8 Å². The predicted molar refractivity (Wildman–Crippen MR) is 60.6 cm³/mol. The number of hydrogen-bond acceptors (Lipinski definition) is 2. The Hall–Kier alpha value is -1.53. The zero-order chi connectivity index (χ0) is 12.0. The lowest BCUT2D eigenvalue weighted by Crippen LogP contribution is -2.02. The van der Waals surface area contributed by atoms with Crippen LogP contribution in [0, 0.1) is 17.7 Å². The van der Waals surface area contributed by atoms with Gasteiger partial charge in [-0.15, -0.1) is 11.8 Å². The fraction of sp³-hybridized carbons (Fsp3) is 0.385. The maximum absolute atomic E-state index is 13.0. The molecule has 0 saturated carbocycles. The summed E-state index contributed by atoms with van der Waals surface area (Å²) in [7, 11) is 0. The van der Waals surface area contributed by atoms with E-state index in [0.717, 1.165) is 0 Å². The summed E-state index contributed by atoms with van der Waals surface area (Å²) < 4.78 is 18.4. The second kappa shape index (κ2) is 6.14. The molecule has 0 spiro atoms. The van der Waals surface area contributed by atoms with Gasteiger partial charge >= 0.3 is 0 Å². The molecule has 0 saturated heterocycles. The van der Waals surface area contributed by atoms with E-state index in [2.05, 4.69) is 11.8 Å². The molecule has 1 N–H and O–H groups in total. The zero-order valence-electron chi connectivity index (χ0n) is 9.46. The summed E-state index contributed by atoms with van der Waals surface area (Å²) in [5.74, 6) is 5.76. The van der Waals surface area contributed by atoms with Gasteiger partial charge in [-0.1, -0.05) is 0 Å². The third kappa shape index (κ3) is 3.56. The molecule has 2 nitrogen and oxygen atoms in total. The van der Waals surface area contributed by atoms with Crippen molar-refractivity contribution in [3.05, 3.63) is 29.6 Å². The summed E-state index contributed by atoms with van der Waals surface area (Å²) in [4.78, 5) is 0. The fourth-order valence-electron chi connectivity index (χ4n) is 1.31. The van der Waals surface area contributed by atoms with Crippen molar-refractivity contribution in [1.29, 1.82) is 0 Å². The molecule has 0 aliphatic heterocycles. The number of aliphatic hydroxyl groups is 1. The van der Waals surface area contributed by atoms with Crippen molar-refractivity contribution in [1.82, 2.24) is 0 Å². The summed E-state index contributed by atoms with van der Waals surface area (Å²) >= 11 is 0. The lowest BCUT2D eigenvalue weighted by molar-refractivity contribution is 0.191. The average Bonchev–Trinajstić information content (AvgIpc) is 2.26. The molecular formula is C13H15FO2. The van der Waals surface area contributed by atoms with Gasteiger partial charge in [0.1, 0.15) is 11.6 Å². The standard InChI is InChI=1S/C13H15FO2/c1-3-4-5-8-16-13-7-6-11(14)9-12(13)10(2)15/h6-7,9-10,15H,5,8H2,1-2H3/t10-/m1/s1. The first-order chi connectivity index (χ1) is 7.65. The maximum atomic E-state index is 13.0. The molecule has 1 atom stereocenters. The molecule has 0 heterocycles. The van der Waals surface area contributed by atoms with Crippen LogP contribution in [0.2, 0.25) is 0 Å². The van der Waals surface area contributed by atoms with Crippen molar-refractivity contribution in [3.63, 3.8) is 0 Å². The van der Waals surface area contributed by atoms with E-state index in [9.17, 15) is 9.50 Å². The van der Waals surface area contributed by atoms with Crippen LogP contribution in [0.15, 0.2) is 18.2 Å². The molecule has 16 heavy (non-hydrogen) atoms. The summed E-state index contributed by atoms with van der Waals surface area (Å²) in [5, 5.41) is 9.46. The van der Waals surface area contributed by atoms with Gasteiger partial charge in [-0.05, 0) is 32.0 Å². The molecule has 86 valence electrons. The smallest absolute Gasteiger partial charge is 0.125 e. The Morgan fingerprint density at radius 2 is 2.25 bits per heavy atom. The molecule has 1 aromatic carbocycles. The molecule has 0 aliphatic rings. The maximum Gasteiger partial charge on any atom is 0.125 e. The highest BCUT2D eigenvalue weighted by atomic mass is 19.1. The highest BCUT2D eigenvalue weighted by Crippen LogP contribution is 2.25. The van der Waals surface area contributed by atoms with Gasteiger partial charge in [0.2, 0.25) is 0 Å².